The highest BCUT2D eigenvalue weighted by molar-refractivity contribution is 7.66. The fraction of sp³-hybridized carbons (Fsp3) is 0.455. The third kappa shape index (κ3) is 1.54. The monoisotopic (exact) mass is 178 g/mol. The van der Waals surface area contributed by atoms with E-state index in [0.29, 0.717) is 0 Å². The summed E-state index contributed by atoms with van der Waals surface area (Å²) in [7, 11) is 0.199. The largest absolute Gasteiger partial charge is 0.0724 e. The Morgan fingerprint density at radius 1 is 1.25 bits per heavy atom. The topological polar surface area (TPSA) is 0 Å². The van der Waals surface area contributed by atoms with Gasteiger partial charge in [-0.15, -0.1) is 0 Å². The summed E-state index contributed by atoms with van der Waals surface area (Å²) in [6, 6.07) is 11.0. The van der Waals surface area contributed by atoms with E-state index >= 15 is 0 Å². The van der Waals surface area contributed by atoms with Crippen LogP contribution in [0.4, 0.5) is 0 Å². The van der Waals surface area contributed by atoms with Crippen molar-refractivity contribution in [1.29, 1.82) is 0 Å². The van der Waals surface area contributed by atoms with E-state index in [-0.39, 0.29) is 7.92 Å². The average Bonchev–Trinajstić information content (AvgIpc) is 2.53. The molecule has 1 fully saturated rings. The molecule has 1 heteroatoms. The lowest BCUT2D eigenvalue weighted by Crippen LogP contribution is -2.05. The Bertz CT molecular complexity index is 242. The molecule has 64 valence electrons. The molecule has 1 saturated heterocycles. The lowest BCUT2D eigenvalue weighted by Gasteiger charge is -2.15. The van der Waals surface area contributed by atoms with Crippen LogP contribution in [-0.4, -0.2) is 11.8 Å². The standard InChI is InChI=1S/C11H15P/c1-10-6-5-9-12(10)11-7-3-2-4-8-11/h2-4,7-8,10H,5-6,9H2,1H3. The van der Waals surface area contributed by atoms with Gasteiger partial charge in [-0.3, -0.25) is 0 Å². The summed E-state index contributed by atoms with van der Waals surface area (Å²) in [6.45, 7) is 2.41. The third-order valence-electron chi connectivity index (χ3n) is 2.64. The van der Waals surface area contributed by atoms with Gasteiger partial charge in [-0.05, 0) is 30.0 Å². The van der Waals surface area contributed by atoms with Crippen molar-refractivity contribution in [3.63, 3.8) is 0 Å². The van der Waals surface area contributed by atoms with Crippen molar-refractivity contribution < 1.29 is 0 Å². The smallest absolute Gasteiger partial charge is 0.0197 e. The van der Waals surface area contributed by atoms with Crippen molar-refractivity contribution in [2.45, 2.75) is 25.4 Å². The predicted molar refractivity (Wildman–Crippen MR) is 56.6 cm³/mol. The molecule has 0 aliphatic carbocycles. The minimum atomic E-state index is 0.199. The maximum atomic E-state index is 2.41. The molecule has 0 bridgehead atoms. The fourth-order valence-corrected chi connectivity index (χ4v) is 4.72. The summed E-state index contributed by atoms with van der Waals surface area (Å²) >= 11 is 0. The second-order valence-electron chi connectivity index (χ2n) is 3.52. The van der Waals surface area contributed by atoms with Crippen LogP contribution in [-0.2, 0) is 0 Å². The Hall–Kier alpha value is -0.350. The number of hydrogen-bond acceptors (Lipinski definition) is 0. The zero-order chi connectivity index (χ0) is 8.39. The highest BCUT2D eigenvalue weighted by Gasteiger charge is 2.23. The molecule has 0 radical (unpaired) electrons. The summed E-state index contributed by atoms with van der Waals surface area (Å²) in [5.74, 6) is 0. The van der Waals surface area contributed by atoms with Gasteiger partial charge in [-0.25, -0.2) is 0 Å². The van der Waals surface area contributed by atoms with Gasteiger partial charge in [0.2, 0.25) is 0 Å². The van der Waals surface area contributed by atoms with Crippen LogP contribution >= 0.6 is 7.92 Å². The minimum Gasteiger partial charge on any atom is -0.0724 e. The van der Waals surface area contributed by atoms with E-state index in [0.717, 1.165) is 5.66 Å². The van der Waals surface area contributed by atoms with E-state index in [2.05, 4.69) is 37.3 Å². The van der Waals surface area contributed by atoms with E-state index in [9.17, 15) is 0 Å². The zero-order valence-electron chi connectivity index (χ0n) is 7.53. The molecule has 12 heavy (non-hydrogen) atoms. The van der Waals surface area contributed by atoms with Crippen LogP contribution in [0.3, 0.4) is 0 Å². The third-order valence-corrected chi connectivity index (χ3v) is 5.72. The Balaban J connectivity index is 2.19. The van der Waals surface area contributed by atoms with Crippen LogP contribution in [0.25, 0.3) is 0 Å². The van der Waals surface area contributed by atoms with Crippen LogP contribution in [0.2, 0.25) is 0 Å². The van der Waals surface area contributed by atoms with Crippen LogP contribution in [0.15, 0.2) is 30.3 Å². The first kappa shape index (κ1) is 8.26. The van der Waals surface area contributed by atoms with Crippen LogP contribution in [0, 0.1) is 0 Å². The molecule has 1 aromatic carbocycles. The number of rotatable bonds is 1. The van der Waals surface area contributed by atoms with Gasteiger partial charge in [0.15, 0.2) is 0 Å². The lowest BCUT2D eigenvalue weighted by molar-refractivity contribution is 0.836. The molecule has 1 heterocycles. The highest BCUT2D eigenvalue weighted by Crippen LogP contribution is 2.48. The van der Waals surface area contributed by atoms with Gasteiger partial charge in [-0.2, -0.15) is 0 Å². The molecule has 0 nitrogen and oxygen atoms in total. The second-order valence-corrected chi connectivity index (χ2v) is 6.30. The Morgan fingerprint density at radius 3 is 2.58 bits per heavy atom. The Morgan fingerprint density at radius 2 is 2.00 bits per heavy atom. The van der Waals surface area contributed by atoms with E-state index in [1.807, 2.05) is 0 Å². The minimum absolute atomic E-state index is 0.199. The second kappa shape index (κ2) is 3.58. The molecule has 1 aliphatic rings. The first-order chi connectivity index (χ1) is 5.88. The van der Waals surface area contributed by atoms with Crippen LogP contribution in [0.1, 0.15) is 19.8 Å². The molecule has 2 atom stereocenters. The first-order valence-electron chi connectivity index (χ1n) is 4.69. The van der Waals surface area contributed by atoms with Gasteiger partial charge in [0.05, 0.1) is 0 Å². The molecule has 0 N–H and O–H groups in total. The fourth-order valence-electron chi connectivity index (χ4n) is 1.94. The first-order valence-corrected chi connectivity index (χ1v) is 6.29. The molecule has 2 unspecified atom stereocenters. The van der Waals surface area contributed by atoms with E-state index in [1.54, 1.807) is 5.30 Å². The summed E-state index contributed by atoms with van der Waals surface area (Å²) in [6.07, 6.45) is 4.35. The quantitative estimate of drug-likeness (QED) is 0.580. The summed E-state index contributed by atoms with van der Waals surface area (Å²) in [5.41, 5.74) is 0.961. The van der Waals surface area contributed by atoms with Crippen molar-refractivity contribution in [3.05, 3.63) is 30.3 Å². The van der Waals surface area contributed by atoms with E-state index in [1.165, 1.54) is 19.0 Å². The van der Waals surface area contributed by atoms with Crippen LogP contribution in [0.5, 0.6) is 0 Å². The summed E-state index contributed by atoms with van der Waals surface area (Å²) < 4.78 is 0. The maximum absolute atomic E-state index is 2.41. The predicted octanol–water partition coefficient (Wildman–Crippen LogP) is 2.98. The lowest BCUT2D eigenvalue weighted by atomic mass is 10.3. The molecule has 0 spiro atoms. The molecule has 1 aliphatic heterocycles. The summed E-state index contributed by atoms with van der Waals surface area (Å²) in [4.78, 5) is 0. The van der Waals surface area contributed by atoms with Crippen molar-refractivity contribution in [3.8, 4) is 0 Å². The van der Waals surface area contributed by atoms with Crippen molar-refractivity contribution in [1.82, 2.24) is 0 Å². The SMILES string of the molecule is CC1CCCP1c1ccccc1. The molecule has 0 amide bonds. The van der Waals surface area contributed by atoms with Crippen molar-refractivity contribution in [2.75, 3.05) is 6.16 Å². The number of benzene rings is 1. The Kier molecular flexibility index (Phi) is 2.46. The van der Waals surface area contributed by atoms with Gasteiger partial charge in [-0.1, -0.05) is 45.2 Å². The van der Waals surface area contributed by atoms with Crippen molar-refractivity contribution >= 4 is 13.2 Å². The van der Waals surface area contributed by atoms with E-state index < -0.39 is 0 Å². The Labute approximate surface area is 75.7 Å². The highest BCUT2D eigenvalue weighted by atomic mass is 31.1. The maximum Gasteiger partial charge on any atom is -0.0197 e. The van der Waals surface area contributed by atoms with Gasteiger partial charge in [0.25, 0.3) is 0 Å². The van der Waals surface area contributed by atoms with Gasteiger partial charge >= 0.3 is 0 Å². The van der Waals surface area contributed by atoms with Crippen LogP contribution < -0.4 is 5.30 Å². The van der Waals surface area contributed by atoms with Crippen molar-refractivity contribution in [2.24, 2.45) is 0 Å². The zero-order valence-corrected chi connectivity index (χ0v) is 8.43. The number of hydrogen-bond donors (Lipinski definition) is 0. The normalized spacial score (nSPS) is 29.1. The summed E-state index contributed by atoms with van der Waals surface area (Å²) in [5, 5.41) is 1.61. The van der Waals surface area contributed by atoms with Gasteiger partial charge in [0, 0.05) is 0 Å². The average molecular weight is 178 g/mol. The molecule has 0 saturated carbocycles. The molecular weight excluding hydrogens is 163 g/mol. The van der Waals surface area contributed by atoms with E-state index in [4.69, 9.17) is 0 Å². The molecule has 1 aromatic rings. The van der Waals surface area contributed by atoms with Gasteiger partial charge in [0.1, 0.15) is 0 Å². The van der Waals surface area contributed by atoms with Gasteiger partial charge < -0.3 is 0 Å². The molecular formula is C11H15P. The molecule has 0 aromatic heterocycles. The molecule has 2 rings (SSSR count).